The van der Waals surface area contributed by atoms with Gasteiger partial charge >= 0.3 is 0 Å². The zero-order valence-corrected chi connectivity index (χ0v) is 15.2. The molecule has 1 heterocycles. The molecule has 0 amide bonds. The van der Waals surface area contributed by atoms with Gasteiger partial charge in [0.05, 0.1) is 11.4 Å². The maximum Gasteiger partial charge on any atom is 0.240 e. The first-order chi connectivity index (χ1) is 11.6. The molecular weight excluding hydrogens is 344 g/mol. The number of sulfonamides is 1. The summed E-state index contributed by atoms with van der Waals surface area (Å²) >= 11 is 1.66. The van der Waals surface area contributed by atoms with E-state index in [0.717, 1.165) is 6.54 Å². The molecule has 0 bridgehead atoms. The van der Waals surface area contributed by atoms with Crippen LogP contribution < -0.4 is 15.4 Å². The molecule has 0 fully saturated rings. The van der Waals surface area contributed by atoms with Crippen molar-refractivity contribution in [2.24, 2.45) is 4.99 Å². The van der Waals surface area contributed by atoms with E-state index in [1.54, 1.807) is 41.7 Å². The van der Waals surface area contributed by atoms with Gasteiger partial charge < -0.3 is 10.6 Å². The Morgan fingerprint density at radius 1 is 1.08 bits per heavy atom. The van der Waals surface area contributed by atoms with E-state index in [0.29, 0.717) is 19.0 Å². The summed E-state index contributed by atoms with van der Waals surface area (Å²) in [6.45, 7) is 4.05. The molecule has 2 rings (SSSR count). The van der Waals surface area contributed by atoms with E-state index < -0.39 is 10.0 Å². The second kappa shape index (κ2) is 9.41. The lowest BCUT2D eigenvalue weighted by atomic mass is 10.4. The minimum absolute atomic E-state index is 0.267. The minimum atomic E-state index is -3.47. The summed E-state index contributed by atoms with van der Waals surface area (Å²) in [6, 6.07) is 12.4. The Labute approximate surface area is 147 Å². The molecule has 1 aromatic heterocycles. The van der Waals surface area contributed by atoms with Crippen molar-refractivity contribution in [1.82, 2.24) is 15.4 Å². The van der Waals surface area contributed by atoms with Gasteiger partial charge in [-0.05, 0) is 30.5 Å². The number of hydrogen-bond donors (Lipinski definition) is 3. The molecular formula is C16H22N4O2S2. The first kappa shape index (κ1) is 18.4. The van der Waals surface area contributed by atoms with Crippen molar-refractivity contribution < 1.29 is 8.42 Å². The van der Waals surface area contributed by atoms with Crippen LogP contribution in [-0.2, 0) is 16.6 Å². The molecule has 24 heavy (non-hydrogen) atoms. The van der Waals surface area contributed by atoms with E-state index in [2.05, 4.69) is 20.3 Å². The largest absolute Gasteiger partial charge is 0.357 e. The number of hydrogen-bond acceptors (Lipinski definition) is 4. The molecule has 8 heteroatoms. The topological polar surface area (TPSA) is 82.6 Å². The normalized spacial score (nSPS) is 12.1. The molecule has 6 nitrogen and oxygen atoms in total. The molecule has 3 N–H and O–H groups in total. The Balaban J connectivity index is 1.81. The number of guanidine groups is 1. The molecule has 0 saturated carbocycles. The SMILES string of the molecule is CCNC(=NCc1cccs1)NCCNS(=O)(=O)c1ccccc1. The Bertz CT molecular complexity index is 729. The van der Waals surface area contributed by atoms with Gasteiger partial charge in [-0.1, -0.05) is 24.3 Å². The van der Waals surface area contributed by atoms with Gasteiger partial charge in [0.2, 0.25) is 10.0 Å². The van der Waals surface area contributed by atoms with Crippen LogP contribution in [0.1, 0.15) is 11.8 Å². The van der Waals surface area contributed by atoms with Crippen LogP contribution in [0.2, 0.25) is 0 Å². The van der Waals surface area contributed by atoms with Gasteiger partial charge in [-0.15, -0.1) is 11.3 Å². The summed E-state index contributed by atoms with van der Waals surface area (Å²) in [5.41, 5.74) is 0. The second-order valence-corrected chi connectivity index (χ2v) is 7.71. The maximum absolute atomic E-state index is 12.1. The summed E-state index contributed by atoms with van der Waals surface area (Å²) in [6.07, 6.45) is 0. The third-order valence-electron chi connectivity index (χ3n) is 3.08. The average molecular weight is 367 g/mol. The van der Waals surface area contributed by atoms with Crippen LogP contribution in [0.4, 0.5) is 0 Å². The lowest BCUT2D eigenvalue weighted by Crippen LogP contribution is -2.41. The predicted octanol–water partition coefficient (Wildman–Crippen LogP) is 1.78. The van der Waals surface area contributed by atoms with Gasteiger partial charge in [0.15, 0.2) is 5.96 Å². The number of thiophene rings is 1. The third kappa shape index (κ3) is 5.95. The van der Waals surface area contributed by atoms with E-state index in [1.165, 1.54) is 4.88 Å². The fourth-order valence-electron chi connectivity index (χ4n) is 1.95. The molecule has 0 spiro atoms. The quantitative estimate of drug-likeness (QED) is 0.378. The molecule has 130 valence electrons. The third-order valence-corrected chi connectivity index (χ3v) is 5.42. The zero-order chi connectivity index (χ0) is 17.3. The standard InChI is InChI=1S/C16H22N4O2S2/c1-2-17-16(19-13-14-7-6-12-23-14)18-10-11-20-24(21,22)15-8-4-3-5-9-15/h3-9,12,20H,2,10-11,13H2,1H3,(H2,17,18,19). The minimum Gasteiger partial charge on any atom is -0.357 e. The molecule has 0 radical (unpaired) electrons. The molecule has 0 aliphatic heterocycles. The van der Waals surface area contributed by atoms with E-state index in [4.69, 9.17) is 0 Å². The van der Waals surface area contributed by atoms with Crippen LogP contribution in [0.25, 0.3) is 0 Å². The van der Waals surface area contributed by atoms with E-state index in [9.17, 15) is 8.42 Å². The summed E-state index contributed by atoms with van der Waals surface area (Å²) in [7, 11) is -3.47. The monoisotopic (exact) mass is 366 g/mol. The van der Waals surface area contributed by atoms with Crippen LogP contribution in [0.5, 0.6) is 0 Å². The van der Waals surface area contributed by atoms with Gasteiger partial charge in [-0.3, -0.25) is 0 Å². The lowest BCUT2D eigenvalue weighted by molar-refractivity contribution is 0.580. The van der Waals surface area contributed by atoms with Crippen LogP contribution in [0, 0.1) is 0 Å². The number of aliphatic imine (C=N–C) groups is 1. The number of benzene rings is 1. The van der Waals surface area contributed by atoms with Gasteiger partial charge in [-0.2, -0.15) is 0 Å². The number of nitrogens with one attached hydrogen (secondary N) is 3. The molecule has 0 atom stereocenters. The molecule has 1 aromatic carbocycles. The Morgan fingerprint density at radius 2 is 1.88 bits per heavy atom. The van der Waals surface area contributed by atoms with Crippen molar-refractivity contribution in [3.05, 3.63) is 52.7 Å². The Hall–Kier alpha value is -1.90. The molecule has 0 aliphatic carbocycles. The summed E-state index contributed by atoms with van der Waals surface area (Å²) in [5.74, 6) is 0.671. The fourth-order valence-corrected chi connectivity index (χ4v) is 3.63. The number of nitrogens with zero attached hydrogens (tertiary/aromatic N) is 1. The molecule has 2 aromatic rings. The Morgan fingerprint density at radius 3 is 2.54 bits per heavy atom. The first-order valence-corrected chi connectivity index (χ1v) is 10.1. The van der Waals surface area contributed by atoms with Crippen molar-refractivity contribution in [2.45, 2.75) is 18.4 Å². The van der Waals surface area contributed by atoms with Gasteiger partial charge in [-0.25, -0.2) is 18.1 Å². The van der Waals surface area contributed by atoms with E-state index >= 15 is 0 Å². The Kier molecular flexibility index (Phi) is 7.23. The van der Waals surface area contributed by atoms with Crippen molar-refractivity contribution in [3.63, 3.8) is 0 Å². The van der Waals surface area contributed by atoms with E-state index in [-0.39, 0.29) is 11.4 Å². The molecule has 0 aliphatic rings. The smallest absolute Gasteiger partial charge is 0.240 e. The summed E-state index contributed by atoms with van der Waals surface area (Å²) in [4.78, 5) is 5.92. The zero-order valence-electron chi connectivity index (χ0n) is 13.5. The van der Waals surface area contributed by atoms with Crippen molar-refractivity contribution in [3.8, 4) is 0 Å². The predicted molar refractivity (Wildman–Crippen MR) is 98.8 cm³/mol. The fraction of sp³-hybridized carbons (Fsp3) is 0.312. The second-order valence-electron chi connectivity index (χ2n) is 4.91. The molecule has 0 unspecified atom stereocenters. The van der Waals surface area contributed by atoms with Crippen molar-refractivity contribution >= 4 is 27.3 Å². The summed E-state index contributed by atoms with van der Waals surface area (Å²) < 4.78 is 26.8. The van der Waals surface area contributed by atoms with Crippen molar-refractivity contribution in [1.29, 1.82) is 0 Å². The van der Waals surface area contributed by atoms with Crippen LogP contribution in [0.3, 0.4) is 0 Å². The maximum atomic E-state index is 12.1. The average Bonchev–Trinajstić information content (AvgIpc) is 3.11. The highest BCUT2D eigenvalue weighted by atomic mass is 32.2. The highest BCUT2D eigenvalue weighted by Crippen LogP contribution is 2.09. The summed E-state index contributed by atoms with van der Waals surface area (Å²) in [5, 5.41) is 8.28. The van der Waals surface area contributed by atoms with Crippen LogP contribution in [0.15, 0.2) is 57.7 Å². The van der Waals surface area contributed by atoms with Gasteiger partial charge in [0, 0.05) is 24.5 Å². The van der Waals surface area contributed by atoms with Gasteiger partial charge in [0.1, 0.15) is 0 Å². The lowest BCUT2D eigenvalue weighted by Gasteiger charge is -2.12. The molecule has 0 saturated heterocycles. The number of rotatable bonds is 8. The van der Waals surface area contributed by atoms with E-state index in [1.807, 2.05) is 24.4 Å². The van der Waals surface area contributed by atoms with Crippen LogP contribution in [-0.4, -0.2) is 34.0 Å². The van der Waals surface area contributed by atoms with Crippen molar-refractivity contribution in [2.75, 3.05) is 19.6 Å². The van der Waals surface area contributed by atoms with Crippen LogP contribution >= 0.6 is 11.3 Å². The van der Waals surface area contributed by atoms with Gasteiger partial charge in [0.25, 0.3) is 0 Å². The highest BCUT2D eigenvalue weighted by molar-refractivity contribution is 7.89. The first-order valence-electron chi connectivity index (χ1n) is 7.71. The highest BCUT2D eigenvalue weighted by Gasteiger charge is 2.11.